The van der Waals surface area contributed by atoms with Crippen molar-refractivity contribution in [1.29, 1.82) is 0 Å². The van der Waals surface area contributed by atoms with Gasteiger partial charge in [0.2, 0.25) is 0 Å². The second-order valence-corrected chi connectivity index (χ2v) is 5.57. The Hall–Kier alpha value is -1.06. The summed E-state index contributed by atoms with van der Waals surface area (Å²) >= 11 is 0. The Morgan fingerprint density at radius 3 is 1.11 bits per heavy atom. The molecule has 0 aromatic carbocycles. The first-order valence-corrected chi connectivity index (χ1v) is 6.61. The first kappa shape index (κ1) is 16.9. The Kier molecular flexibility index (Phi) is 5.38. The predicted molar refractivity (Wildman–Crippen MR) is 70.4 cm³/mol. The molecule has 0 aromatic heterocycles. The third kappa shape index (κ3) is 2.02. The van der Waals surface area contributed by atoms with E-state index in [0.717, 1.165) is 0 Å². The zero-order valence-electron chi connectivity index (χ0n) is 12.3. The van der Waals surface area contributed by atoms with Crippen LogP contribution in [0.25, 0.3) is 0 Å². The van der Waals surface area contributed by atoms with Crippen LogP contribution in [0.1, 0.15) is 54.4 Å². The maximum absolute atomic E-state index is 11.8. The molecule has 0 amide bonds. The van der Waals surface area contributed by atoms with Gasteiger partial charge in [0.05, 0.1) is 10.8 Å². The number of rotatable bonds is 7. The van der Waals surface area contributed by atoms with Crippen LogP contribution < -0.4 is 0 Å². The smallest absolute Gasteiger partial charge is 0.311 e. The van der Waals surface area contributed by atoms with Gasteiger partial charge in [-0.1, -0.05) is 41.5 Å². The first-order valence-electron chi connectivity index (χ1n) is 6.61. The minimum Gasteiger partial charge on any atom is -0.481 e. The van der Waals surface area contributed by atoms with Crippen molar-refractivity contribution in [3.05, 3.63) is 0 Å². The monoisotopic (exact) mass is 258 g/mol. The van der Waals surface area contributed by atoms with Crippen molar-refractivity contribution < 1.29 is 19.8 Å². The normalized spacial score (nSPS) is 18.4. The van der Waals surface area contributed by atoms with E-state index < -0.39 is 22.8 Å². The summed E-state index contributed by atoms with van der Waals surface area (Å²) in [5.41, 5.74) is -2.47. The molecule has 0 saturated carbocycles. The molecule has 2 atom stereocenters. The van der Waals surface area contributed by atoms with Crippen molar-refractivity contribution in [3.8, 4) is 0 Å². The van der Waals surface area contributed by atoms with Crippen LogP contribution in [-0.4, -0.2) is 22.2 Å². The molecule has 0 aliphatic heterocycles. The summed E-state index contributed by atoms with van der Waals surface area (Å²) in [5.74, 6) is -2.48. The molecular weight excluding hydrogens is 232 g/mol. The predicted octanol–water partition coefficient (Wildman–Crippen LogP) is 3.26. The van der Waals surface area contributed by atoms with Gasteiger partial charge >= 0.3 is 11.9 Å². The van der Waals surface area contributed by atoms with E-state index in [1.807, 2.05) is 0 Å². The molecule has 0 aliphatic rings. The lowest BCUT2D eigenvalue weighted by Gasteiger charge is -2.49. The average Bonchev–Trinajstić information content (AvgIpc) is 2.23. The quantitative estimate of drug-likeness (QED) is 0.735. The van der Waals surface area contributed by atoms with Gasteiger partial charge in [0.15, 0.2) is 0 Å². The second-order valence-electron chi connectivity index (χ2n) is 5.57. The van der Waals surface area contributed by atoms with Crippen LogP contribution in [0.4, 0.5) is 0 Å². The summed E-state index contributed by atoms with van der Waals surface area (Å²) in [6.45, 7) is 10.7. The van der Waals surface area contributed by atoms with Gasteiger partial charge in [-0.3, -0.25) is 9.59 Å². The van der Waals surface area contributed by atoms with Gasteiger partial charge in [0, 0.05) is 0 Å². The Bertz CT molecular complexity index is 290. The van der Waals surface area contributed by atoms with Gasteiger partial charge in [0.25, 0.3) is 0 Å². The average molecular weight is 258 g/mol. The highest BCUT2D eigenvalue weighted by Gasteiger charge is 2.62. The van der Waals surface area contributed by atoms with Crippen molar-refractivity contribution >= 4 is 11.9 Å². The fourth-order valence-electron chi connectivity index (χ4n) is 3.66. The Balaban J connectivity index is 6.27. The minimum absolute atomic E-state index is 0.238. The highest BCUT2D eigenvalue weighted by Crippen LogP contribution is 2.54. The molecule has 0 bridgehead atoms. The van der Waals surface area contributed by atoms with E-state index in [2.05, 4.69) is 0 Å². The molecule has 0 radical (unpaired) electrons. The molecule has 4 heteroatoms. The lowest BCUT2D eigenvalue weighted by Crippen LogP contribution is -2.57. The number of hydrogen-bond acceptors (Lipinski definition) is 2. The number of carboxylic acid groups (broad SMARTS) is 2. The molecule has 0 aliphatic carbocycles. The largest absolute Gasteiger partial charge is 0.481 e. The van der Waals surface area contributed by atoms with Gasteiger partial charge in [-0.05, 0) is 24.7 Å². The molecule has 2 unspecified atom stereocenters. The molecule has 4 nitrogen and oxygen atoms in total. The molecule has 2 N–H and O–H groups in total. The van der Waals surface area contributed by atoms with Gasteiger partial charge < -0.3 is 10.2 Å². The Morgan fingerprint density at radius 1 is 0.833 bits per heavy atom. The molecule has 0 saturated heterocycles. The molecule has 18 heavy (non-hydrogen) atoms. The van der Waals surface area contributed by atoms with Gasteiger partial charge in [0.1, 0.15) is 0 Å². The standard InChI is InChI=1S/C14H26O4/c1-7-13(9(3)4,11(15)16)14(8-2,10(5)6)12(17)18/h9-10H,7-8H2,1-6H3,(H,15,16)(H,17,18). The van der Waals surface area contributed by atoms with Gasteiger partial charge in [-0.2, -0.15) is 0 Å². The van der Waals surface area contributed by atoms with E-state index in [1.165, 1.54) is 0 Å². The van der Waals surface area contributed by atoms with Crippen LogP contribution in [0.15, 0.2) is 0 Å². The SMILES string of the molecule is CCC(C(=O)O)(C(C)C)C(CC)(C(=O)O)C(C)C. The van der Waals surface area contributed by atoms with Crippen molar-refractivity contribution in [2.24, 2.45) is 22.7 Å². The fraction of sp³-hybridized carbons (Fsp3) is 0.857. The second kappa shape index (κ2) is 5.72. The topological polar surface area (TPSA) is 74.6 Å². The number of carboxylic acids is 2. The van der Waals surface area contributed by atoms with E-state index in [0.29, 0.717) is 12.8 Å². The zero-order valence-corrected chi connectivity index (χ0v) is 12.3. The van der Waals surface area contributed by atoms with Crippen molar-refractivity contribution in [3.63, 3.8) is 0 Å². The van der Waals surface area contributed by atoms with E-state index in [9.17, 15) is 19.8 Å². The lowest BCUT2D eigenvalue weighted by molar-refractivity contribution is -0.187. The van der Waals surface area contributed by atoms with Crippen molar-refractivity contribution in [1.82, 2.24) is 0 Å². The summed E-state index contributed by atoms with van der Waals surface area (Å²) in [7, 11) is 0. The molecule has 0 fully saturated rings. The highest BCUT2D eigenvalue weighted by atomic mass is 16.4. The fourth-order valence-corrected chi connectivity index (χ4v) is 3.66. The summed E-state index contributed by atoms with van der Waals surface area (Å²) in [6, 6.07) is 0. The van der Waals surface area contributed by atoms with E-state index in [4.69, 9.17) is 0 Å². The first-order chi connectivity index (χ1) is 8.14. The van der Waals surface area contributed by atoms with Gasteiger partial charge in [-0.25, -0.2) is 0 Å². The van der Waals surface area contributed by atoms with Crippen LogP contribution in [-0.2, 0) is 9.59 Å². The number of hydrogen-bond donors (Lipinski definition) is 2. The van der Waals surface area contributed by atoms with Crippen molar-refractivity contribution in [2.45, 2.75) is 54.4 Å². The summed E-state index contributed by atoms with van der Waals surface area (Å²) < 4.78 is 0. The Labute approximate surface area is 109 Å². The van der Waals surface area contributed by atoms with Crippen LogP contribution in [0.5, 0.6) is 0 Å². The molecule has 0 spiro atoms. The van der Waals surface area contributed by atoms with Crippen LogP contribution in [0.3, 0.4) is 0 Å². The molecule has 0 heterocycles. The molecule has 106 valence electrons. The van der Waals surface area contributed by atoms with Crippen LogP contribution in [0.2, 0.25) is 0 Å². The maximum atomic E-state index is 11.8. The third-order valence-electron chi connectivity index (χ3n) is 4.65. The minimum atomic E-state index is -1.23. The van der Waals surface area contributed by atoms with Crippen LogP contribution in [0, 0.1) is 22.7 Å². The Morgan fingerprint density at radius 2 is 1.06 bits per heavy atom. The molecule has 0 rings (SSSR count). The maximum Gasteiger partial charge on any atom is 0.311 e. The number of aliphatic carboxylic acids is 2. The van der Waals surface area contributed by atoms with Gasteiger partial charge in [-0.15, -0.1) is 0 Å². The molecule has 0 aromatic rings. The zero-order chi connectivity index (χ0) is 14.7. The summed E-state index contributed by atoms with van der Waals surface area (Å²) in [5, 5.41) is 19.4. The van der Waals surface area contributed by atoms with Crippen molar-refractivity contribution in [2.75, 3.05) is 0 Å². The van der Waals surface area contributed by atoms with E-state index in [-0.39, 0.29) is 11.8 Å². The van der Waals surface area contributed by atoms with Crippen LogP contribution >= 0.6 is 0 Å². The highest BCUT2D eigenvalue weighted by molar-refractivity contribution is 5.87. The lowest BCUT2D eigenvalue weighted by atomic mass is 9.51. The third-order valence-corrected chi connectivity index (χ3v) is 4.65. The number of carbonyl (C=O) groups is 2. The molecular formula is C14H26O4. The summed E-state index contributed by atoms with van der Waals surface area (Å²) in [6.07, 6.45) is 0.636. The van der Waals surface area contributed by atoms with E-state index >= 15 is 0 Å². The van der Waals surface area contributed by atoms with E-state index in [1.54, 1.807) is 41.5 Å². The summed E-state index contributed by atoms with van der Waals surface area (Å²) in [4.78, 5) is 23.7.